The van der Waals surface area contributed by atoms with Crippen LogP contribution in [-0.4, -0.2) is 109 Å². The van der Waals surface area contributed by atoms with Crippen LogP contribution in [0.25, 0.3) is 66.6 Å². The van der Waals surface area contributed by atoms with Crippen LogP contribution in [0.1, 0.15) is 89.1 Å². The summed E-state index contributed by atoms with van der Waals surface area (Å²) in [7, 11) is 0. The molecule has 0 bridgehead atoms. The van der Waals surface area contributed by atoms with Gasteiger partial charge in [0, 0.05) is 60.7 Å². The Labute approximate surface area is 370 Å². The molecule has 2 unspecified atom stereocenters. The minimum atomic E-state index is -1.10. The van der Waals surface area contributed by atoms with Crippen molar-refractivity contribution in [3.63, 3.8) is 0 Å². The molecule has 330 valence electrons. The van der Waals surface area contributed by atoms with Crippen LogP contribution in [0.3, 0.4) is 0 Å². The second kappa shape index (κ2) is 16.0. The van der Waals surface area contributed by atoms with Crippen LogP contribution >= 0.6 is 0 Å². The molecule has 0 amide bonds. The molecule has 2 saturated carbocycles. The maximum Gasteiger partial charge on any atom is 0.180 e. The van der Waals surface area contributed by atoms with Gasteiger partial charge in [-0.2, -0.15) is 0 Å². The molecule has 15 heteroatoms. The lowest BCUT2D eigenvalue weighted by atomic mass is 9.70. The first kappa shape index (κ1) is 39.7. The zero-order valence-corrected chi connectivity index (χ0v) is 36.1. The average molecular weight is 861 g/mol. The topological polar surface area (TPSA) is 186 Å². The number of aliphatic hydroxyl groups excluding tert-OH is 3. The summed E-state index contributed by atoms with van der Waals surface area (Å²) in [6.07, 6.45) is 18.8. The predicted octanol–water partition coefficient (Wildman–Crippen LogP) is 7.71. The maximum absolute atomic E-state index is 11.9. The fraction of sp³-hybridized carbons (Fsp3) is 0.469. The minimum absolute atomic E-state index is 0.186. The summed E-state index contributed by atoms with van der Waals surface area (Å²) in [5.74, 6) is 1.39. The van der Waals surface area contributed by atoms with Gasteiger partial charge in [-0.3, -0.25) is 0 Å². The molecule has 64 heavy (non-hydrogen) atoms. The third-order valence-corrected chi connectivity index (χ3v) is 15.5. The summed E-state index contributed by atoms with van der Waals surface area (Å²) < 4.78 is 4.72. The van der Waals surface area contributed by atoms with Gasteiger partial charge in [0.2, 0.25) is 0 Å². The van der Waals surface area contributed by atoms with Gasteiger partial charge in [0.1, 0.15) is 11.6 Å². The molecule has 2 aliphatic heterocycles. The number of aromatic amines is 2. The number of fused-ring (bicyclic) bond motifs is 4. The normalized spacial score (nSPS) is 20.2. The fourth-order valence-corrected chi connectivity index (χ4v) is 11.6. The summed E-state index contributed by atoms with van der Waals surface area (Å²) in [5, 5.41) is 34.5. The van der Waals surface area contributed by atoms with Crippen LogP contribution in [0.5, 0.6) is 0 Å². The monoisotopic (exact) mass is 860 g/mol. The van der Waals surface area contributed by atoms with Gasteiger partial charge >= 0.3 is 0 Å². The van der Waals surface area contributed by atoms with E-state index in [1.807, 2.05) is 12.7 Å². The molecule has 6 aromatic heterocycles. The van der Waals surface area contributed by atoms with Crippen LogP contribution in [0, 0.1) is 11.3 Å². The van der Waals surface area contributed by atoms with Gasteiger partial charge in [-0.15, -0.1) is 0 Å². The van der Waals surface area contributed by atoms with Crippen molar-refractivity contribution in [2.24, 2.45) is 11.3 Å². The number of H-pyrrole nitrogens is 2. The van der Waals surface area contributed by atoms with Gasteiger partial charge < -0.3 is 44.2 Å². The van der Waals surface area contributed by atoms with Crippen molar-refractivity contribution < 1.29 is 15.3 Å². The van der Waals surface area contributed by atoms with E-state index in [1.165, 1.54) is 75.2 Å². The van der Waals surface area contributed by atoms with Crippen molar-refractivity contribution in [1.82, 2.24) is 49.0 Å². The Morgan fingerprint density at radius 1 is 0.625 bits per heavy atom. The standard InChI is InChI=1S/C49H56N12O3/c62-25-49(15-17-58(18-16-49)41-21-35(43-47(56-41)52-26-50-43)30-11-13-39-37(19-30)54-28-60(39)33-7-3-1-4-8-33)46(64)45(63)32-23-59(24-32)42-22-36(44-48(57-42)53-27-51-44)31-12-14-40-38(20-31)55-29-61(40)34-9-5-2-6-10-34/h11-14,19-22,26-29,32-34,45-46,62-64H,1-10,15-18,23-25H2,(H,50,52,56)(H,51,53,57). The van der Waals surface area contributed by atoms with Crippen LogP contribution in [0.2, 0.25) is 0 Å². The summed E-state index contributed by atoms with van der Waals surface area (Å²) in [4.78, 5) is 39.6. The largest absolute Gasteiger partial charge is 0.396 e. The molecular weight excluding hydrogens is 805 g/mol. The van der Waals surface area contributed by atoms with E-state index < -0.39 is 17.6 Å². The zero-order valence-electron chi connectivity index (χ0n) is 36.1. The molecule has 2 aliphatic carbocycles. The van der Waals surface area contributed by atoms with Crippen molar-refractivity contribution in [1.29, 1.82) is 0 Å². The minimum Gasteiger partial charge on any atom is -0.396 e. The fourth-order valence-electron chi connectivity index (χ4n) is 11.6. The van der Waals surface area contributed by atoms with E-state index in [-0.39, 0.29) is 12.5 Å². The Morgan fingerprint density at radius 3 is 1.62 bits per heavy atom. The lowest BCUT2D eigenvalue weighted by Gasteiger charge is -2.49. The number of aromatic nitrogens is 10. The summed E-state index contributed by atoms with van der Waals surface area (Å²) in [6.45, 7) is 1.98. The SMILES string of the molecule is OCC1(C(O)C(O)C2CN(c3cc(-c4ccc5c(c4)ncn5C4CCCCC4)c4[nH]cnc4n3)C2)CCN(c2cc(-c3ccc4c(c3)ncn4C3CCCCC3)c3[nH]cnc3n2)CC1. The number of benzene rings is 2. The Morgan fingerprint density at radius 2 is 1.12 bits per heavy atom. The van der Waals surface area contributed by atoms with E-state index >= 15 is 0 Å². The van der Waals surface area contributed by atoms with E-state index in [4.69, 9.17) is 19.9 Å². The molecule has 15 nitrogen and oxygen atoms in total. The first-order valence-electron chi connectivity index (χ1n) is 23.5. The number of nitrogens with one attached hydrogen (secondary N) is 2. The third kappa shape index (κ3) is 6.73. The number of pyridine rings is 2. The zero-order chi connectivity index (χ0) is 42.9. The lowest BCUT2D eigenvalue weighted by molar-refractivity contribution is -0.118. The van der Waals surface area contributed by atoms with Crippen molar-refractivity contribution in [2.75, 3.05) is 42.6 Å². The molecule has 4 aliphatic rings. The van der Waals surface area contributed by atoms with Gasteiger partial charge in [-0.25, -0.2) is 29.9 Å². The first-order valence-corrected chi connectivity index (χ1v) is 23.5. The van der Waals surface area contributed by atoms with E-state index in [1.54, 1.807) is 12.7 Å². The molecule has 0 spiro atoms. The second-order valence-corrected chi connectivity index (χ2v) is 19.2. The molecule has 2 atom stereocenters. The molecule has 0 radical (unpaired) electrons. The van der Waals surface area contributed by atoms with Gasteiger partial charge in [-0.1, -0.05) is 50.7 Å². The lowest BCUT2D eigenvalue weighted by Crippen LogP contribution is -2.60. The Balaban J connectivity index is 0.732. The smallest absolute Gasteiger partial charge is 0.180 e. The molecular formula is C49H56N12O3. The number of nitrogens with zero attached hydrogens (tertiary/aromatic N) is 10. The Bertz CT molecular complexity index is 2960. The van der Waals surface area contributed by atoms with Crippen LogP contribution in [-0.2, 0) is 0 Å². The molecule has 8 aromatic rings. The van der Waals surface area contributed by atoms with Crippen molar-refractivity contribution in [3.8, 4) is 22.3 Å². The number of aliphatic hydroxyl groups is 3. The Kier molecular flexibility index (Phi) is 9.90. The molecule has 2 aromatic carbocycles. The molecule has 8 heterocycles. The highest BCUT2D eigenvalue weighted by Gasteiger charge is 2.48. The number of imidazole rings is 4. The highest BCUT2D eigenvalue weighted by Crippen LogP contribution is 2.43. The maximum atomic E-state index is 11.9. The van der Waals surface area contributed by atoms with Crippen LogP contribution in [0.4, 0.5) is 11.6 Å². The summed E-state index contributed by atoms with van der Waals surface area (Å²) in [6, 6.07) is 18.3. The second-order valence-electron chi connectivity index (χ2n) is 19.2. The highest BCUT2D eigenvalue weighted by molar-refractivity contribution is 5.95. The first-order chi connectivity index (χ1) is 31.4. The van der Waals surface area contributed by atoms with Crippen molar-refractivity contribution in [2.45, 2.75) is 101 Å². The van der Waals surface area contributed by atoms with E-state index in [0.717, 1.165) is 56.0 Å². The molecule has 4 fully saturated rings. The number of rotatable bonds is 10. The van der Waals surface area contributed by atoms with Crippen molar-refractivity contribution in [3.05, 3.63) is 73.8 Å². The van der Waals surface area contributed by atoms with Gasteiger partial charge in [0.25, 0.3) is 0 Å². The third-order valence-electron chi connectivity index (χ3n) is 15.5. The summed E-state index contributed by atoms with van der Waals surface area (Å²) >= 11 is 0. The number of hydrogen-bond donors (Lipinski definition) is 5. The quantitative estimate of drug-likeness (QED) is 0.0907. The van der Waals surface area contributed by atoms with E-state index in [0.29, 0.717) is 62.4 Å². The Hall–Kier alpha value is -5.90. The van der Waals surface area contributed by atoms with Gasteiger partial charge in [-0.05, 0) is 86.1 Å². The molecule has 5 N–H and O–H groups in total. The highest BCUT2D eigenvalue weighted by atomic mass is 16.3. The van der Waals surface area contributed by atoms with E-state index in [9.17, 15) is 15.3 Å². The van der Waals surface area contributed by atoms with E-state index in [2.05, 4.69) is 87.4 Å². The predicted molar refractivity (Wildman–Crippen MR) is 248 cm³/mol. The average Bonchev–Trinajstić information content (AvgIpc) is 4.17. The van der Waals surface area contributed by atoms with Crippen molar-refractivity contribution >= 4 is 56.0 Å². The van der Waals surface area contributed by atoms with Gasteiger partial charge in [0.15, 0.2) is 11.3 Å². The van der Waals surface area contributed by atoms with Gasteiger partial charge in [0.05, 0.1) is 77.2 Å². The number of anilines is 2. The summed E-state index contributed by atoms with van der Waals surface area (Å²) in [5.41, 5.74) is 10.5. The van der Waals surface area contributed by atoms with Crippen LogP contribution in [0.15, 0.2) is 73.8 Å². The number of piperidine rings is 1. The molecule has 12 rings (SSSR count). The number of hydrogen-bond acceptors (Lipinski definition) is 11. The van der Waals surface area contributed by atoms with Crippen LogP contribution < -0.4 is 9.80 Å². The molecule has 2 saturated heterocycles.